The zero-order valence-corrected chi connectivity index (χ0v) is 9.63. The minimum absolute atomic E-state index is 0.0144. The average molecular weight is 195 g/mol. The van der Waals surface area contributed by atoms with Gasteiger partial charge in [-0.2, -0.15) is 0 Å². The molecule has 2 nitrogen and oxygen atoms in total. The van der Waals surface area contributed by atoms with E-state index in [-0.39, 0.29) is 5.91 Å². The van der Waals surface area contributed by atoms with Gasteiger partial charge in [0.05, 0.1) is 0 Å². The molecule has 0 spiro atoms. The van der Waals surface area contributed by atoms with Crippen LogP contribution in [-0.2, 0) is 4.79 Å². The van der Waals surface area contributed by atoms with E-state index in [1.807, 2.05) is 6.08 Å². The maximum Gasteiger partial charge on any atom is 0.217 e. The molecule has 1 amide bonds. The minimum atomic E-state index is 0.0144. The van der Waals surface area contributed by atoms with Gasteiger partial charge in [0.25, 0.3) is 0 Å². The van der Waals surface area contributed by atoms with Crippen LogP contribution in [0.4, 0.5) is 0 Å². The lowest BCUT2D eigenvalue weighted by Gasteiger charge is -2.01. The monoisotopic (exact) mass is 195 g/mol. The summed E-state index contributed by atoms with van der Waals surface area (Å²) in [4.78, 5) is 10.6. The van der Waals surface area contributed by atoms with E-state index in [2.05, 4.69) is 38.2 Å². The van der Waals surface area contributed by atoms with Crippen molar-refractivity contribution < 1.29 is 4.79 Å². The predicted molar refractivity (Wildman–Crippen MR) is 61.0 cm³/mol. The summed E-state index contributed by atoms with van der Waals surface area (Å²) in [5, 5.41) is 2.73. The zero-order valence-electron chi connectivity index (χ0n) is 9.63. The van der Waals surface area contributed by atoms with Crippen LogP contribution in [0, 0.1) is 5.92 Å². The Morgan fingerprint density at radius 2 is 2.07 bits per heavy atom. The first-order valence-corrected chi connectivity index (χ1v) is 5.18. The molecule has 14 heavy (non-hydrogen) atoms. The van der Waals surface area contributed by atoms with Crippen LogP contribution in [0.2, 0.25) is 0 Å². The molecule has 0 aliphatic carbocycles. The number of carbonyl (C=O) groups excluding carboxylic acids is 1. The number of carbonyl (C=O) groups is 1. The van der Waals surface area contributed by atoms with E-state index in [1.165, 1.54) is 12.5 Å². The molecular weight excluding hydrogens is 174 g/mol. The highest BCUT2D eigenvalue weighted by atomic mass is 16.1. The third kappa shape index (κ3) is 7.59. The first-order chi connectivity index (χ1) is 6.56. The van der Waals surface area contributed by atoms with Gasteiger partial charge >= 0.3 is 0 Å². The Labute approximate surface area is 87.1 Å². The molecule has 0 fully saturated rings. The van der Waals surface area contributed by atoms with Crippen molar-refractivity contribution in [3.8, 4) is 0 Å². The highest BCUT2D eigenvalue weighted by molar-refractivity contribution is 5.72. The molecule has 0 aromatic heterocycles. The van der Waals surface area contributed by atoms with Gasteiger partial charge in [-0.3, -0.25) is 4.79 Å². The molecule has 80 valence electrons. The fourth-order valence-corrected chi connectivity index (χ4v) is 1.13. The molecular formula is C12H21NO. The molecule has 1 N–H and O–H groups in total. The molecule has 0 aromatic rings. The van der Waals surface area contributed by atoms with Crippen molar-refractivity contribution in [1.29, 1.82) is 0 Å². The molecule has 0 saturated carbocycles. The van der Waals surface area contributed by atoms with Crippen molar-refractivity contribution >= 4 is 5.91 Å². The van der Waals surface area contributed by atoms with Crippen LogP contribution in [0.25, 0.3) is 0 Å². The lowest BCUT2D eigenvalue weighted by atomic mass is 10.1. The topological polar surface area (TPSA) is 29.1 Å². The molecule has 0 unspecified atom stereocenters. The first kappa shape index (κ1) is 12.9. The zero-order chi connectivity index (χ0) is 11.0. The summed E-state index contributed by atoms with van der Waals surface area (Å²) in [6, 6.07) is 0. The lowest BCUT2D eigenvalue weighted by Crippen LogP contribution is -2.19. The van der Waals surface area contributed by atoms with Gasteiger partial charge in [0.2, 0.25) is 5.91 Å². The summed E-state index contributed by atoms with van der Waals surface area (Å²) in [5.41, 5.74) is 1.32. The maximum atomic E-state index is 10.6. The second-order valence-corrected chi connectivity index (χ2v) is 3.68. The Bertz CT molecular complexity index is 226. The number of amides is 1. The summed E-state index contributed by atoms with van der Waals surface area (Å²) in [6.45, 7) is 8.61. The fourth-order valence-electron chi connectivity index (χ4n) is 1.13. The van der Waals surface area contributed by atoms with Gasteiger partial charge in [-0.15, -0.1) is 0 Å². The van der Waals surface area contributed by atoms with Crippen molar-refractivity contribution in [3.63, 3.8) is 0 Å². The molecule has 0 aliphatic rings. The summed E-state index contributed by atoms with van der Waals surface area (Å²) in [6.07, 6.45) is 7.34. The number of allylic oxidation sites excluding steroid dienone is 3. The van der Waals surface area contributed by atoms with E-state index in [0.717, 1.165) is 6.42 Å². The van der Waals surface area contributed by atoms with Crippen LogP contribution in [0.3, 0.4) is 0 Å². The highest BCUT2D eigenvalue weighted by Gasteiger charge is 1.91. The van der Waals surface area contributed by atoms with Crippen molar-refractivity contribution in [1.82, 2.24) is 5.32 Å². The summed E-state index contributed by atoms with van der Waals surface area (Å²) >= 11 is 0. The van der Waals surface area contributed by atoms with Crippen molar-refractivity contribution in [3.05, 3.63) is 23.8 Å². The highest BCUT2D eigenvalue weighted by Crippen LogP contribution is 2.07. The smallest absolute Gasteiger partial charge is 0.217 e. The molecule has 0 aromatic carbocycles. The summed E-state index contributed by atoms with van der Waals surface area (Å²) in [7, 11) is 0. The largest absolute Gasteiger partial charge is 0.353 e. The third-order valence-corrected chi connectivity index (χ3v) is 1.76. The van der Waals surface area contributed by atoms with Crippen LogP contribution in [0.5, 0.6) is 0 Å². The third-order valence-electron chi connectivity index (χ3n) is 1.76. The predicted octanol–water partition coefficient (Wildman–Crippen LogP) is 2.67. The Kier molecular flexibility index (Phi) is 6.81. The van der Waals surface area contributed by atoms with Gasteiger partial charge in [0.1, 0.15) is 0 Å². The Morgan fingerprint density at radius 1 is 1.43 bits per heavy atom. The summed E-state index contributed by atoms with van der Waals surface area (Å²) < 4.78 is 0. The van der Waals surface area contributed by atoms with E-state index >= 15 is 0 Å². The lowest BCUT2D eigenvalue weighted by molar-refractivity contribution is -0.118. The van der Waals surface area contributed by atoms with E-state index < -0.39 is 0 Å². The average Bonchev–Trinajstić information content (AvgIpc) is 2.09. The van der Waals surface area contributed by atoms with Gasteiger partial charge < -0.3 is 5.32 Å². The van der Waals surface area contributed by atoms with Crippen LogP contribution in [0.15, 0.2) is 23.8 Å². The summed E-state index contributed by atoms with van der Waals surface area (Å²) in [5.74, 6) is 0.593. The minimum Gasteiger partial charge on any atom is -0.353 e. The van der Waals surface area contributed by atoms with Crippen molar-refractivity contribution in [2.24, 2.45) is 5.92 Å². The van der Waals surface area contributed by atoms with Gasteiger partial charge in [-0.05, 0) is 12.3 Å². The van der Waals surface area contributed by atoms with Crippen molar-refractivity contribution in [2.45, 2.75) is 34.1 Å². The van der Waals surface area contributed by atoms with E-state index in [9.17, 15) is 4.79 Å². The number of hydrogen-bond donors (Lipinski definition) is 1. The maximum absolute atomic E-state index is 10.6. The molecule has 2 heteroatoms. The Balaban J connectivity index is 3.99. The number of rotatable bonds is 5. The van der Waals surface area contributed by atoms with Crippen molar-refractivity contribution in [2.75, 3.05) is 6.54 Å². The molecule has 0 atom stereocenters. The molecule has 0 radical (unpaired) electrons. The fraction of sp³-hybridized carbons (Fsp3) is 0.583. The van der Waals surface area contributed by atoms with Crippen LogP contribution >= 0.6 is 0 Å². The standard InChI is InChI=1S/C12H21NO/c1-5-12(9-10(2)3)7-6-8-13-11(4)14/h6-7,9-10H,5,8H2,1-4H3,(H,13,14). The first-order valence-electron chi connectivity index (χ1n) is 5.18. The Hall–Kier alpha value is -1.05. The van der Waals surface area contributed by atoms with Crippen LogP contribution < -0.4 is 5.32 Å². The number of nitrogens with one attached hydrogen (secondary N) is 1. The van der Waals surface area contributed by atoms with Crippen LogP contribution in [0.1, 0.15) is 34.1 Å². The second-order valence-electron chi connectivity index (χ2n) is 3.68. The Morgan fingerprint density at radius 3 is 2.50 bits per heavy atom. The SMILES string of the molecule is CCC(C=CCNC(C)=O)=CC(C)C. The van der Waals surface area contributed by atoms with E-state index in [0.29, 0.717) is 12.5 Å². The number of hydrogen-bond acceptors (Lipinski definition) is 1. The van der Waals surface area contributed by atoms with Gasteiger partial charge in [-0.1, -0.05) is 44.6 Å². The van der Waals surface area contributed by atoms with Gasteiger partial charge in [-0.25, -0.2) is 0 Å². The van der Waals surface area contributed by atoms with Gasteiger partial charge in [0.15, 0.2) is 0 Å². The normalized spacial score (nSPS) is 12.5. The quantitative estimate of drug-likeness (QED) is 0.671. The second kappa shape index (κ2) is 7.36. The van der Waals surface area contributed by atoms with Gasteiger partial charge in [0, 0.05) is 13.5 Å². The molecule has 0 heterocycles. The van der Waals surface area contributed by atoms with E-state index in [4.69, 9.17) is 0 Å². The van der Waals surface area contributed by atoms with Crippen LogP contribution in [-0.4, -0.2) is 12.5 Å². The molecule has 0 aliphatic heterocycles. The molecule has 0 rings (SSSR count). The molecule has 0 bridgehead atoms. The van der Waals surface area contributed by atoms with E-state index in [1.54, 1.807) is 0 Å². The molecule has 0 saturated heterocycles.